The molecule has 7 heteroatoms. The van der Waals surface area contributed by atoms with Gasteiger partial charge in [-0.3, -0.25) is 14.2 Å². The number of carbonyl (C=O) groups is 1. The second kappa shape index (κ2) is 6.43. The second-order valence-electron chi connectivity index (χ2n) is 5.07. The molecule has 0 radical (unpaired) electrons. The van der Waals surface area contributed by atoms with Gasteiger partial charge in [-0.2, -0.15) is 0 Å². The van der Waals surface area contributed by atoms with E-state index in [1.54, 1.807) is 49.6 Å². The summed E-state index contributed by atoms with van der Waals surface area (Å²) in [5.74, 6) is -0.396. The molecule has 0 aliphatic heterocycles. The van der Waals surface area contributed by atoms with Gasteiger partial charge in [0.25, 0.3) is 0 Å². The highest BCUT2D eigenvalue weighted by atomic mass is 16.5. The molecule has 118 valence electrons. The van der Waals surface area contributed by atoms with E-state index in [4.69, 9.17) is 4.74 Å². The van der Waals surface area contributed by atoms with Gasteiger partial charge in [-0.25, -0.2) is 9.48 Å². The van der Waals surface area contributed by atoms with E-state index in [0.717, 1.165) is 0 Å². The van der Waals surface area contributed by atoms with Crippen molar-refractivity contribution in [2.75, 3.05) is 0 Å². The van der Waals surface area contributed by atoms with Crippen molar-refractivity contribution in [1.82, 2.24) is 19.2 Å². The quantitative estimate of drug-likeness (QED) is 0.668. The molecule has 23 heavy (non-hydrogen) atoms. The zero-order valence-electron chi connectivity index (χ0n) is 12.6. The number of rotatable bonds is 5. The van der Waals surface area contributed by atoms with Gasteiger partial charge in [-0.15, -0.1) is 5.10 Å². The minimum absolute atomic E-state index is 0.0704. The minimum Gasteiger partial charge on any atom is -0.456 e. The summed E-state index contributed by atoms with van der Waals surface area (Å²) in [5, 5.41) is 4.17. The Balaban J connectivity index is 1.62. The van der Waals surface area contributed by atoms with Gasteiger partial charge in [-0.05, 0) is 31.2 Å². The van der Waals surface area contributed by atoms with Crippen molar-refractivity contribution in [2.24, 2.45) is 0 Å². The van der Waals surface area contributed by atoms with Crippen LogP contribution in [0.3, 0.4) is 0 Å². The average Bonchev–Trinajstić information content (AvgIpc) is 2.90. The molecular formula is C16H16N4O3. The van der Waals surface area contributed by atoms with Gasteiger partial charge in [0.15, 0.2) is 5.65 Å². The van der Waals surface area contributed by atoms with E-state index in [9.17, 15) is 9.59 Å². The third-order valence-electron chi connectivity index (χ3n) is 3.43. The Kier molecular flexibility index (Phi) is 4.18. The van der Waals surface area contributed by atoms with Crippen molar-refractivity contribution in [3.63, 3.8) is 0 Å². The van der Waals surface area contributed by atoms with E-state index in [1.807, 2.05) is 6.07 Å². The summed E-state index contributed by atoms with van der Waals surface area (Å²) >= 11 is 0. The molecule has 0 saturated heterocycles. The van der Waals surface area contributed by atoms with Gasteiger partial charge in [0.2, 0.25) is 0 Å². The first-order chi connectivity index (χ1) is 11.1. The summed E-state index contributed by atoms with van der Waals surface area (Å²) in [6.07, 6.45) is 2.93. The van der Waals surface area contributed by atoms with E-state index in [2.05, 4.69) is 10.1 Å². The first-order valence-corrected chi connectivity index (χ1v) is 7.30. The molecule has 3 aromatic heterocycles. The maximum Gasteiger partial charge on any atom is 0.350 e. The Morgan fingerprint density at radius 2 is 2.09 bits per heavy atom. The average molecular weight is 312 g/mol. The third-order valence-corrected chi connectivity index (χ3v) is 3.43. The van der Waals surface area contributed by atoms with Crippen molar-refractivity contribution < 1.29 is 9.53 Å². The van der Waals surface area contributed by atoms with Gasteiger partial charge in [-0.1, -0.05) is 12.1 Å². The number of nitrogens with zero attached hydrogens (tertiary/aromatic N) is 4. The Labute approximate surface area is 132 Å². The second-order valence-corrected chi connectivity index (χ2v) is 5.07. The topological polar surface area (TPSA) is 78.5 Å². The number of fused-ring (bicyclic) bond motifs is 1. The first-order valence-electron chi connectivity index (χ1n) is 7.30. The van der Waals surface area contributed by atoms with Gasteiger partial charge in [0, 0.05) is 12.4 Å². The summed E-state index contributed by atoms with van der Waals surface area (Å²) in [4.78, 5) is 28.2. The maximum absolute atomic E-state index is 12.1. The zero-order valence-corrected chi connectivity index (χ0v) is 12.6. The maximum atomic E-state index is 12.1. The fourth-order valence-electron chi connectivity index (χ4n) is 2.24. The normalized spacial score (nSPS) is 12.2. The van der Waals surface area contributed by atoms with Crippen LogP contribution in [0.25, 0.3) is 5.65 Å². The van der Waals surface area contributed by atoms with Crippen molar-refractivity contribution in [3.8, 4) is 0 Å². The van der Waals surface area contributed by atoms with Crippen LogP contribution in [0.2, 0.25) is 0 Å². The lowest BCUT2D eigenvalue weighted by molar-refractivity contribution is -0.149. The van der Waals surface area contributed by atoms with E-state index in [-0.39, 0.29) is 18.7 Å². The standard InChI is InChI=1S/C16H16N4O3/c1-12(13-6-2-4-9-17-13)23-15(21)8-11-20-16(22)19-10-5-3-7-14(19)18-20/h2-7,9-10,12H,8,11H2,1H3/t12-/m0/s1. The molecule has 0 spiro atoms. The smallest absolute Gasteiger partial charge is 0.350 e. The van der Waals surface area contributed by atoms with Crippen LogP contribution < -0.4 is 5.69 Å². The highest BCUT2D eigenvalue weighted by Gasteiger charge is 2.14. The predicted octanol–water partition coefficient (Wildman–Crippen LogP) is 1.59. The van der Waals surface area contributed by atoms with E-state index >= 15 is 0 Å². The first kappa shape index (κ1) is 15.0. The molecule has 0 fully saturated rings. The molecule has 1 atom stereocenters. The number of esters is 1. The molecule has 7 nitrogen and oxygen atoms in total. The molecule has 0 aromatic carbocycles. The van der Waals surface area contributed by atoms with Gasteiger partial charge >= 0.3 is 11.7 Å². The zero-order chi connectivity index (χ0) is 16.2. The molecule has 3 rings (SSSR count). The van der Waals surface area contributed by atoms with Crippen molar-refractivity contribution >= 4 is 11.6 Å². The van der Waals surface area contributed by atoms with Gasteiger partial charge < -0.3 is 4.74 Å². The summed E-state index contributed by atoms with van der Waals surface area (Å²) < 4.78 is 8.02. The Bertz CT molecular complexity index is 870. The lowest BCUT2D eigenvalue weighted by atomic mass is 10.2. The van der Waals surface area contributed by atoms with Crippen LogP contribution >= 0.6 is 0 Å². The van der Waals surface area contributed by atoms with E-state index in [1.165, 1.54) is 9.08 Å². The van der Waals surface area contributed by atoms with Crippen LogP contribution in [0.1, 0.15) is 25.1 Å². The largest absolute Gasteiger partial charge is 0.456 e. The highest BCUT2D eigenvalue weighted by Crippen LogP contribution is 2.14. The number of ether oxygens (including phenoxy) is 1. The predicted molar refractivity (Wildman–Crippen MR) is 82.8 cm³/mol. The monoisotopic (exact) mass is 312 g/mol. The fraction of sp³-hybridized carbons (Fsp3) is 0.250. The Morgan fingerprint density at radius 1 is 1.26 bits per heavy atom. The molecule has 0 aliphatic rings. The molecule has 0 unspecified atom stereocenters. The van der Waals surface area contributed by atoms with Crippen LogP contribution in [-0.2, 0) is 16.1 Å². The Hall–Kier alpha value is -2.96. The number of hydrogen-bond donors (Lipinski definition) is 0. The molecular weight excluding hydrogens is 296 g/mol. The third kappa shape index (κ3) is 3.28. The van der Waals surface area contributed by atoms with E-state index in [0.29, 0.717) is 11.3 Å². The van der Waals surface area contributed by atoms with Crippen molar-refractivity contribution in [3.05, 3.63) is 65.0 Å². The van der Waals surface area contributed by atoms with Crippen molar-refractivity contribution in [1.29, 1.82) is 0 Å². The minimum atomic E-state index is -0.429. The van der Waals surface area contributed by atoms with Crippen LogP contribution in [-0.4, -0.2) is 25.1 Å². The number of aromatic nitrogens is 4. The highest BCUT2D eigenvalue weighted by molar-refractivity contribution is 5.69. The lowest BCUT2D eigenvalue weighted by Crippen LogP contribution is -2.23. The van der Waals surface area contributed by atoms with Gasteiger partial charge in [0.05, 0.1) is 18.7 Å². The van der Waals surface area contributed by atoms with E-state index < -0.39 is 12.1 Å². The van der Waals surface area contributed by atoms with Crippen LogP contribution in [0.4, 0.5) is 0 Å². The Morgan fingerprint density at radius 3 is 2.83 bits per heavy atom. The fourth-order valence-corrected chi connectivity index (χ4v) is 2.24. The molecule has 0 aliphatic carbocycles. The summed E-state index contributed by atoms with van der Waals surface area (Å²) in [7, 11) is 0. The number of aryl methyl sites for hydroxylation is 1. The van der Waals surface area contributed by atoms with Crippen LogP contribution in [0.15, 0.2) is 53.6 Å². The molecule has 0 bridgehead atoms. The summed E-state index contributed by atoms with van der Waals surface area (Å²) in [5.41, 5.74) is 0.963. The number of hydrogen-bond acceptors (Lipinski definition) is 5. The number of pyridine rings is 2. The van der Waals surface area contributed by atoms with Crippen molar-refractivity contribution in [2.45, 2.75) is 26.0 Å². The molecule has 0 saturated carbocycles. The van der Waals surface area contributed by atoms with Crippen LogP contribution in [0, 0.1) is 0 Å². The lowest BCUT2D eigenvalue weighted by Gasteiger charge is -2.12. The molecule has 0 N–H and O–H groups in total. The summed E-state index contributed by atoms with van der Waals surface area (Å²) in [6, 6.07) is 10.7. The van der Waals surface area contributed by atoms with Crippen LogP contribution in [0.5, 0.6) is 0 Å². The summed E-state index contributed by atoms with van der Waals surface area (Å²) in [6.45, 7) is 1.94. The molecule has 3 aromatic rings. The van der Waals surface area contributed by atoms with Gasteiger partial charge in [0.1, 0.15) is 6.10 Å². The molecule has 3 heterocycles. The SMILES string of the molecule is C[C@H](OC(=O)CCn1nc2ccccn2c1=O)c1ccccn1. The number of carbonyl (C=O) groups excluding carboxylic acids is 1. The molecule has 0 amide bonds.